The molecular weight excluding hydrogens is 324 g/mol. The average molecular weight is 339 g/mol. The van der Waals surface area contributed by atoms with E-state index in [0.717, 1.165) is 35.6 Å². The lowest BCUT2D eigenvalue weighted by atomic mass is 10.1. The van der Waals surface area contributed by atoms with Crippen molar-refractivity contribution in [2.75, 3.05) is 12.3 Å². The number of nitrogens with zero attached hydrogens (tertiary/aromatic N) is 1. The fourth-order valence-corrected chi connectivity index (χ4v) is 3.51. The van der Waals surface area contributed by atoms with Gasteiger partial charge in [0, 0.05) is 23.6 Å². The smallest absolute Gasteiger partial charge is 0.272 e. The van der Waals surface area contributed by atoms with Crippen LogP contribution in [-0.2, 0) is 12.2 Å². The van der Waals surface area contributed by atoms with Crippen molar-refractivity contribution in [3.8, 4) is 0 Å². The van der Waals surface area contributed by atoms with Gasteiger partial charge in [-0.15, -0.1) is 0 Å². The second kappa shape index (κ2) is 6.67. The van der Waals surface area contributed by atoms with E-state index in [9.17, 15) is 18.7 Å². The molecule has 1 aliphatic rings. The largest absolute Gasteiger partial charge is 0.386 e. The first-order chi connectivity index (χ1) is 11.1. The van der Waals surface area contributed by atoms with Gasteiger partial charge in [-0.2, -0.15) is 16.9 Å². The maximum absolute atomic E-state index is 13.6. The highest BCUT2D eigenvalue weighted by Crippen LogP contribution is 2.25. The van der Waals surface area contributed by atoms with Crippen molar-refractivity contribution < 1.29 is 18.7 Å². The Hall–Kier alpha value is -1.93. The van der Waals surface area contributed by atoms with Gasteiger partial charge in [0.15, 0.2) is 5.69 Å². The molecule has 2 heterocycles. The first kappa shape index (κ1) is 15.9. The number of halogens is 2. The summed E-state index contributed by atoms with van der Waals surface area (Å²) in [6.45, 7) is -0.300. The fourth-order valence-electron chi connectivity index (χ4n) is 2.50. The number of aromatic nitrogens is 2. The number of benzene rings is 1. The van der Waals surface area contributed by atoms with E-state index in [4.69, 9.17) is 0 Å². The quantitative estimate of drug-likeness (QED) is 0.795. The van der Waals surface area contributed by atoms with E-state index >= 15 is 0 Å². The van der Waals surface area contributed by atoms with Crippen molar-refractivity contribution in [2.45, 2.75) is 18.3 Å². The number of fused-ring (bicyclic) bond motifs is 1. The van der Waals surface area contributed by atoms with Crippen LogP contribution in [-0.4, -0.2) is 33.5 Å². The molecule has 0 bridgehead atoms. The molecule has 0 spiro atoms. The number of aromatic amines is 1. The van der Waals surface area contributed by atoms with Crippen LogP contribution in [0.4, 0.5) is 8.78 Å². The van der Waals surface area contributed by atoms with Gasteiger partial charge in [-0.3, -0.25) is 9.89 Å². The number of hydrogen-bond donors (Lipinski definition) is 3. The van der Waals surface area contributed by atoms with Gasteiger partial charge in [-0.25, -0.2) is 8.78 Å². The Bertz CT molecular complexity index is 715. The summed E-state index contributed by atoms with van der Waals surface area (Å²) in [5, 5.41) is 19.3. The Balaban J connectivity index is 1.68. The van der Waals surface area contributed by atoms with Crippen LogP contribution in [0.15, 0.2) is 18.2 Å². The molecule has 3 rings (SSSR count). The van der Waals surface area contributed by atoms with Crippen LogP contribution in [0.2, 0.25) is 0 Å². The van der Waals surface area contributed by atoms with Crippen molar-refractivity contribution in [3.63, 3.8) is 0 Å². The summed E-state index contributed by atoms with van der Waals surface area (Å²) in [5.41, 5.74) is 1.61. The predicted octanol–water partition coefficient (Wildman–Crippen LogP) is 1.94. The maximum atomic E-state index is 13.6. The van der Waals surface area contributed by atoms with E-state index in [1.165, 1.54) is 6.07 Å². The number of thioether (sulfide) groups is 1. The molecule has 0 fully saturated rings. The van der Waals surface area contributed by atoms with Crippen molar-refractivity contribution in [3.05, 3.63) is 52.3 Å². The number of carbonyl (C=O) groups is 1. The highest BCUT2D eigenvalue weighted by atomic mass is 32.2. The van der Waals surface area contributed by atoms with Gasteiger partial charge in [0.25, 0.3) is 5.91 Å². The first-order valence-corrected chi connectivity index (χ1v) is 8.27. The van der Waals surface area contributed by atoms with Crippen molar-refractivity contribution in [1.82, 2.24) is 15.5 Å². The molecule has 0 saturated heterocycles. The number of carbonyl (C=O) groups excluding carboxylic acids is 1. The Kier molecular flexibility index (Phi) is 4.63. The van der Waals surface area contributed by atoms with Gasteiger partial charge < -0.3 is 10.4 Å². The standard InChI is InChI=1S/C15H15F2N3O2S/c16-9-2-1-3-10(17)13(9)12(21)6-18-15(22)14-8-7-23-5-4-11(8)19-20-14/h1-3,12,21H,4-7H2,(H,18,22)(H,19,20). The number of aliphatic hydroxyl groups excluding tert-OH is 1. The molecule has 5 nitrogen and oxygen atoms in total. The van der Waals surface area contributed by atoms with E-state index in [0.29, 0.717) is 5.75 Å². The van der Waals surface area contributed by atoms with Gasteiger partial charge in [0.05, 0.1) is 5.56 Å². The average Bonchev–Trinajstić information content (AvgIpc) is 2.96. The Labute approximate surface area is 135 Å². The van der Waals surface area contributed by atoms with Crippen LogP contribution in [0.25, 0.3) is 0 Å². The van der Waals surface area contributed by atoms with E-state index < -0.39 is 29.2 Å². The van der Waals surface area contributed by atoms with Crippen LogP contribution in [0, 0.1) is 11.6 Å². The summed E-state index contributed by atoms with van der Waals surface area (Å²) in [6, 6.07) is 3.34. The van der Waals surface area contributed by atoms with Crippen molar-refractivity contribution >= 4 is 17.7 Å². The molecule has 1 aromatic heterocycles. The summed E-state index contributed by atoms with van der Waals surface area (Å²) < 4.78 is 27.2. The van der Waals surface area contributed by atoms with Gasteiger partial charge in [-0.05, 0) is 24.3 Å². The number of hydrogen-bond acceptors (Lipinski definition) is 4. The van der Waals surface area contributed by atoms with E-state index in [-0.39, 0.29) is 12.2 Å². The Morgan fingerprint density at radius 3 is 2.91 bits per heavy atom. The molecule has 23 heavy (non-hydrogen) atoms. The number of aryl methyl sites for hydroxylation is 1. The summed E-state index contributed by atoms with van der Waals surface area (Å²) >= 11 is 1.71. The number of aliphatic hydroxyl groups is 1. The Morgan fingerprint density at radius 2 is 2.17 bits per heavy atom. The summed E-state index contributed by atoms with van der Waals surface area (Å²) in [7, 11) is 0. The molecule has 1 amide bonds. The van der Waals surface area contributed by atoms with Crippen LogP contribution in [0.5, 0.6) is 0 Å². The minimum atomic E-state index is -1.47. The fraction of sp³-hybridized carbons (Fsp3) is 0.333. The minimum Gasteiger partial charge on any atom is -0.386 e. The normalized spacial score (nSPS) is 15.1. The molecule has 1 atom stereocenters. The zero-order chi connectivity index (χ0) is 16.4. The number of rotatable bonds is 4. The molecule has 8 heteroatoms. The summed E-state index contributed by atoms with van der Waals surface area (Å²) in [4.78, 5) is 12.2. The second-order valence-corrected chi connectivity index (χ2v) is 6.30. The third-order valence-electron chi connectivity index (χ3n) is 3.70. The monoisotopic (exact) mass is 339 g/mol. The van der Waals surface area contributed by atoms with Crippen molar-refractivity contribution in [1.29, 1.82) is 0 Å². The second-order valence-electron chi connectivity index (χ2n) is 5.19. The van der Waals surface area contributed by atoms with Crippen LogP contribution < -0.4 is 5.32 Å². The molecule has 3 N–H and O–H groups in total. The zero-order valence-corrected chi connectivity index (χ0v) is 12.9. The maximum Gasteiger partial charge on any atom is 0.272 e. The number of H-pyrrole nitrogens is 1. The van der Waals surface area contributed by atoms with Crippen LogP contribution >= 0.6 is 11.8 Å². The number of nitrogens with one attached hydrogen (secondary N) is 2. The molecule has 0 aliphatic carbocycles. The van der Waals surface area contributed by atoms with Crippen LogP contribution in [0.3, 0.4) is 0 Å². The molecule has 1 unspecified atom stereocenters. The molecule has 1 aliphatic heterocycles. The first-order valence-electron chi connectivity index (χ1n) is 7.12. The zero-order valence-electron chi connectivity index (χ0n) is 12.1. The molecule has 0 radical (unpaired) electrons. The Morgan fingerprint density at radius 1 is 1.43 bits per heavy atom. The third kappa shape index (κ3) is 3.23. The highest BCUT2D eigenvalue weighted by molar-refractivity contribution is 7.98. The molecule has 122 valence electrons. The lowest BCUT2D eigenvalue weighted by Gasteiger charge is -2.14. The third-order valence-corrected chi connectivity index (χ3v) is 4.69. The van der Waals surface area contributed by atoms with Gasteiger partial charge in [0.2, 0.25) is 0 Å². The lowest BCUT2D eigenvalue weighted by molar-refractivity contribution is 0.0905. The minimum absolute atomic E-state index is 0.272. The highest BCUT2D eigenvalue weighted by Gasteiger charge is 2.23. The number of amides is 1. The molecule has 1 aromatic carbocycles. The van der Waals surface area contributed by atoms with Gasteiger partial charge in [-0.1, -0.05) is 6.07 Å². The topological polar surface area (TPSA) is 78.0 Å². The van der Waals surface area contributed by atoms with Gasteiger partial charge in [0.1, 0.15) is 17.7 Å². The molecule has 2 aromatic rings. The SMILES string of the molecule is O=C(NCC(O)c1c(F)cccc1F)c1n[nH]c2c1CSCC2. The predicted molar refractivity (Wildman–Crippen MR) is 82.1 cm³/mol. The van der Waals surface area contributed by atoms with E-state index in [2.05, 4.69) is 15.5 Å². The van der Waals surface area contributed by atoms with Gasteiger partial charge >= 0.3 is 0 Å². The summed E-state index contributed by atoms with van der Waals surface area (Å²) in [6.07, 6.45) is -0.645. The lowest BCUT2D eigenvalue weighted by Crippen LogP contribution is -2.30. The van der Waals surface area contributed by atoms with Crippen molar-refractivity contribution in [2.24, 2.45) is 0 Å². The molecule has 0 saturated carbocycles. The van der Waals surface area contributed by atoms with Crippen LogP contribution in [0.1, 0.15) is 33.4 Å². The molecular formula is C15H15F2N3O2S. The summed E-state index contributed by atoms with van der Waals surface area (Å²) in [5.74, 6) is -0.498. The van der Waals surface area contributed by atoms with E-state index in [1.54, 1.807) is 11.8 Å². The van der Waals surface area contributed by atoms with E-state index in [1.807, 2.05) is 0 Å².